The molecule has 0 saturated carbocycles. The van der Waals surface area contributed by atoms with Gasteiger partial charge in [-0.25, -0.2) is 0 Å². The van der Waals surface area contributed by atoms with Crippen molar-refractivity contribution in [1.29, 1.82) is 0 Å². The quantitative estimate of drug-likeness (QED) is 0.641. The van der Waals surface area contributed by atoms with Crippen LogP contribution < -0.4 is 0 Å². The molecule has 168 valence electrons. The Kier molecular flexibility index (Phi) is 7.69. The third-order valence-electron chi connectivity index (χ3n) is 4.87. The molecule has 2 aromatic rings. The zero-order chi connectivity index (χ0) is 22.4. The molecule has 1 aliphatic rings. The van der Waals surface area contributed by atoms with E-state index in [1.54, 1.807) is 17.0 Å². The van der Waals surface area contributed by atoms with Gasteiger partial charge in [-0.15, -0.1) is 11.3 Å². The average Bonchev–Trinajstić information content (AvgIpc) is 3.30. The summed E-state index contributed by atoms with van der Waals surface area (Å²) in [5.74, 6) is -0.649. The molecule has 0 spiro atoms. The predicted octanol–water partition coefficient (Wildman–Crippen LogP) is 3.40. The molecule has 6 nitrogen and oxygen atoms in total. The highest BCUT2D eigenvalue weighted by Gasteiger charge is 2.32. The molecule has 31 heavy (non-hydrogen) atoms. The number of rotatable bonds is 7. The molecule has 1 atom stereocenters. The molecule has 0 aliphatic carbocycles. The summed E-state index contributed by atoms with van der Waals surface area (Å²) in [5.41, 5.74) is -0.945. The van der Waals surface area contributed by atoms with Crippen molar-refractivity contribution in [2.45, 2.75) is 12.3 Å². The molecule has 3 rings (SSSR count). The second-order valence-corrected chi connectivity index (χ2v) is 7.99. The van der Waals surface area contributed by atoms with Gasteiger partial charge in [0.05, 0.1) is 29.8 Å². The molecule has 1 fully saturated rings. The molecule has 1 aromatic carbocycles. The average molecular weight is 456 g/mol. The number of carbonyl (C=O) groups excluding carboxylic acids is 2. The fourth-order valence-corrected chi connectivity index (χ4v) is 4.00. The largest absolute Gasteiger partial charge is 0.416 e. The molecule has 2 amide bonds. The first kappa shape index (κ1) is 23.2. The van der Waals surface area contributed by atoms with Gasteiger partial charge in [-0.05, 0) is 29.6 Å². The molecule has 1 saturated heterocycles. The summed E-state index contributed by atoms with van der Waals surface area (Å²) in [4.78, 5) is 29.3. The fraction of sp³-hybridized carbons (Fsp3) is 0.429. The van der Waals surface area contributed by atoms with Crippen molar-refractivity contribution in [3.05, 3.63) is 57.8 Å². The molecule has 0 radical (unpaired) electrons. The van der Waals surface area contributed by atoms with Gasteiger partial charge >= 0.3 is 6.18 Å². The molecule has 0 N–H and O–H groups in total. The minimum Gasteiger partial charge on any atom is -0.383 e. The highest BCUT2D eigenvalue weighted by molar-refractivity contribution is 7.12. The van der Waals surface area contributed by atoms with Crippen molar-refractivity contribution >= 4 is 23.2 Å². The Labute approximate surface area is 182 Å². The Balaban J connectivity index is 1.72. The van der Waals surface area contributed by atoms with Gasteiger partial charge in [-0.3, -0.25) is 9.59 Å². The first-order valence-electron chi connectivity index (χ1n) is 9.69. The van der Waals surface area contributed by atoms with Gasteiger partial charge in [0.25, 0.3) is 11.8 Å². The predicted molar refractivity (Wildman–Crippen MR) is 109 cm³/mol. The zero-order valence-corrected chi connectivity index (χ0v) is 17.7. The van der Waals surface area contributed by atoms with Gasteiger partial charge < -0.3 is 19.3 Å². The smallest absolute Gasteiger partial charge is 0.383 e. The third kappa shape index (κ3) is 6.05. The van der Waals surface area contributed by atoms with E-state index in [-0.39, 0.29) is 37.7 Å². The Bertz CT molecular complexity index is 889. The topological polar surface area (TPSA) is 59.1 Å². The minimum atomic E-state index is -4.54. The number of hydrogen-bond acceptors (Lipinski definition) is 5. The lowest BCUT2D eigenvalue weighted by Gasteiger charge is -2.35. The normalized spacial score (nSPS) is 16.9. The van der Waals surface area contributed by atoms with E-state index in [2.05, 4.69) is 0 Å². The first-order chi connectivity index (χ1) is 14.8. The maximum atomic E-state index is 13.0. The van der Waals surface area contributed by atoms with Crippen LogP contribution in [-0.4, -0.2) is 74.2 Å². The molecule has 0 unspecified atom stereocenters. The number of methoxy groups -OCH3 is 1. The highest BCUT2D eigenvalue weighted by Crippen LogP contribution is 2.29. The Morgan fingerprint density at radius 1 is 1.29 bits per heavy atom. The summed E-state index contributed by atoms with van der Waals surface area (Å²) in [6, 6.07) is 7.88. The van der Waals surface area contributed by atoms with Gasteiger partial charge in [0, 0.05) is 38.9 Å². The molecule has 2 heterocycles. The number of halogens is 3. The van der Waals surface area contributed by atoms with Crippen LogP contribution in [0.5, 0.6) is 0 Å². The summed E-state index contributed by atoms with van der Waals surface area (Å²) in [7, 11) is 1.48. The molecule has 0 bridgehead atoms. The minimum absolute atomic E-state index is 0.0618. The molecular formula is C21H23F3N2O4S. The van der Waals surface area contributed by atoms with Crippen LogP contribution in [0.3, 0.4) is 0 Å². The number of alkyl halides is 3. The van der Waals surface area contributed by atoms with E-state index in [0.717, 1.165) is 12.1 Å². The summed E-state index contributed by atoms with van der Waals surface area (Å²) >= 11 is 1.35. The lowest BCUT2D eigenvalue weighted by molar-refractivity contribution is -0.137. The highest BCUT2D eigenvalue weighted by atomic mass is 32.1. The van der Waals surface area contributed by atoms with Gasteiger partial charge in [0.1, 0.15) is 0 Å². The van der Waals surface area contributed by atoms with E-state index >= 15 is 0 Å². The second kappa shape index (κ2) is 10.3. The summed E-state index contributed by atoms with van der Waals surface area (Å²) in [6.07, 6.45) is -4.99. The van der Waals surface area contributed by atoms with Crippen molar-refractivity contribution < 1.29 is 32.2 Å². The van der Waals surface area contributed by atoms with E-state index in [1.807, 2.05) is 5.38 Å². The van der Waals surface area contributed by atoms with Crippen LogP contribution >= 0.6 is 11.3 Å². The number of thiophene rings is 1. The van der Waals surface area contributed by atoms with Gasteiger partial charge in [0.2, 0.25) is 0 Å². The number of morpholine rings is 1. The lowest BCUT2D eigenvalue weighted by Crippen LogP contribution is -2.51. The summed E-state index contributed by atoms with van der Waals surface area (Å²) in [6.45, 7) is 1.58. The molecule has 10 heteroatoms. The standard InChI is InChI=1S/C21H23F3N2O4S/c1-29-9-7-25(19(27)15-4-2-5-16(12-15)21(22,23)24)13-17-14-26(8-10-30-17)20(28)18-6-3-11-31-18/h2-6,11-12,17H,7-10,13-14H2,1H3/t17-/m1/s1. The van der Waals surface area contributed by atoms with Crippen molar-refractivity contribution in [3.8, 4) is 0 Å². The monoisotopic (exact) mass is 456 g/mol. The second-order valence-electron chi connectivity index (χ2n) is 7.04. The molecule has 1 aromatic heterocycles. The fourth-order valence-electron chi connectivity index (χ4n) is 3.30. The number of carbonyl (C=O) groups is 2. The third-order valence-corrected chi connectivity index (χ3v) is 5.73. The number of hydrogen-bond donors (Lipinski definition) is 0. The van der Waals surface area contributed by atoms with E-state index in [4.69, 9.17) is 9.47 Å². The van der Waals surface area contributed by atoms with E-state index < -0.39 is 23.8 Å². The van der Waals surface area contributed by atoms with Crippen molar-refractivity contribution in [2.75, 3.05) is 46.5 Å². The van der Waals surface area contributed by atoms with E-state index in [9.17, 15) is 22.8 Å². The number of ether oxygens (including phenoxy) is 2. The Morgan fingerprint density at radius 3 is 2.77 bits per heavy atom. The number of nitrogens with zero attached hydrogens (tertiary/aromatic N) is 2. The van der Waals surface area contributed by atoms with Gasteiger partial charge in [0.15, 0.2) is 0 Å². The van der Waals surface area contributed by atoms with Gasteiger partial charge in [-0.2, -0.15) is 13.2 Å². The van der Waals surface area contributed by atoms with Crippen LogP contribution in [0.15, 0.2) is 41.8 Å². The summed E-state index contributed by atoms with van der Waals surface area (Å²) in [5, 5.41) is 1.82. The SMILES string of the molecule is COCCN(C[C@@H]1CN(C(=O)c2cccs2)CCO1)C(=O)c1cccc(C(F)(F)F)c1. The Hall–Kier alpha value is -2.43. The Morgan fingerprint density at radius 2 is 2.10 bits per heavy atom. The van der Waals surface area contributed by atoms with Crippen molar-refractivity contribution in [2.24, 2.45) is 0 Å². The molecular weight excluding hydrogens is 433 g/mol. The molecule has 1 aliphatic heterocycles. The maximum Gasteiger partial charge on any atom is 0.416 e. The van der Waals surface area contributed by atoms with Crippen LogP contribution in [0, 0.1) is 0 Å². The summed E-state index contributed by atoms with van der Waals surface area (Å²) < 4.78 is 49.9. The number of amides is 2. The number of benzene rings is 1. The maximum absolute atomic E-state index is 13.0. The first-order valence-corrected chi connectivity index (χ1v) is 10.6. The van der Waals surface area contributed by atoms with E-state index in [0.29, 0.717) is 18.0 Å². The van der Waals surface area contributed by atoms with Crippen molar-refractivity contribution in [1.82, 2.24) is 9.80 Å². The van der Waals surface area contributed by atoms with Crippen LogP contribution in [0.4, 0.5) is 13.2 Å². The zero-order valence-electron chi connectivity index (χ0n) is 16.9. The van der Waals surface area contributed by atoms with Crippen LogP contribution in [-0.2, 0) is 15.7 Å². The lowest BCUT2D eigenvalue weighted by atomic mass is 10.1. The van der Waals surface area contributed by atoms with Crippen LogP contribution in [0.2, 0.25) is 0 Å². The van der Waals surface area contributed by atoms with Gasteiger partial charge in [-0.1, -0.05) is 12.1 Å². The van der Waals surface area contributed by atoms with Crippen LogP contribution in [0.25, 0.3) is 0 Å². The van der Waals surface area contributed by atoms with Crippen molar-refractivity contribution in [3.63, 3.8) is 0 Å². The van der Waals surface area contributed by atoms with Crippen LogP contribution in [0.1, 0.15) is 25.6 Å². The van der Waals surface area contributed by atoms with E-state index in [1.165, 1.54) is 35.5 Å².